The Kier molecular flexibility index (Phi) is 6.58. The second kappa shape index (κ2) is 9.72. The first-order valence-electron chi connectivity index (χ1n) is 11.0. The van der Waals surface area contributed by atoms with E-state index in [2.05, 4.69) is 5.32 Å². The molecule has 1 atom stereocenters. The van der Waals surface area contributed by atoms with Crippen LogP contribution < -0.4 is 15.0 Å². The Bertz CT molecular complexity index is 973. The van der Waals surface area contributed by atoms with Crippen LogP contribution in [-0.4, -0.2) is 67.0 Å². The highest BCUT2D eigenvalue weighted by molar-refractivity contribution is 6.01. The summed E-state index contributed by atoms with van der Waals surface area (Å²) >= 11 is 0. The zero-order valence-corrected chi connectivity index (χ0v) is 18.2. The molecule has 0 bridgehead atoms. The molecule has 2 heterocycles. The first-order chi connectivity index (χ1) is 15.6. The normalized spacial score (nSPS) is 18.6. The average Bonchev–Trinajstić information content (AvgIpc) is 3.21. The molecule has 2 aromatic carbocycles. The molecule has 1 N–H and O–H groups in total. The summed E-state index contributed by atoms with van der Waals surface area (Å²) in [5, 5.41) is 2.88. The largest absolute Gasteiger partial charge is 0.492 e. The van der Waals surface area contributed by atoms with Crippen molar-refractivity contribution >= 4 is 29.2 Å². The van der Waals surface area contributed by atoms with Crippen LogP contribution in [-0.2, 0) is 9.59 Å². The average molecular weight is 437 g/mol. The molecular formula is C24H28N4O4. The van der Waals surface area contributed by atoms with Crippen molar-refractivity contribution in [2.45, 2.75) is 13.3 Å². The van der Waals surface area contributed by atoms with E-state index in [1.54, 1.807) is 14.7 Å². The molecule has 2 saturated heterocycles. The van der Waals surface area contributed by atoms with E-state index < -0.39 is 0 Å². The summed E-state index contributed by atoms with van der Waals surface area (Å²) in [6.07, 6.45) is 0.188. The highest BCUT2D eigenvalue weighted by Gasteiger charge is 2.39. The van der Waals surface area contributed by atoms with Crippen molar-refractivity contribution in [2.75, 3.05) is 49.5 Å². The maximum absolute atomic E-state index is 13.1. The maximum atomic E-state index is 13.1. The summed E-state index contributed by atoms with van der Waals surface area (Å²) < 4.78 is 5.65. The number of rotatable bonds is 5. The van der Waals surface area contributed by atoms with Crippen LogP contribution in [0.5, 0.6) is 5.75 Å². The van der Waals surface area contributed by atoms with Crippen molar-refractivity contribution in [3.63, 3.8) is 0 Å². The van der Waals surface area contributed by atoms with E-state index in [1.165, 1.54) is 0 Å². The number of carbonyl (C=O) groups excluding carboxylic acids is 3. The third kappa shape index (κ3) is 4.69. The number of piperazine rings is 1. The maximum Gasteiger partial charge on any atom is 0.321 e. The summed E-state index contributed by atoms with van der Waals surface area (Å²) in [6.45, 7) is 4.58. The van der Waals surface area contributed by atoms with Gasteiger partial charge in [0.15, 0.2) is 0 Å². The van der Waals surface area contributed by atoms with E-state index in [9.17, 15) is 14.4 Å². The quantitative estimate of drug-likeness (QED) is 0.782. The first kappa shape index (κ1) is 21.7. The van der Waals surface area contributed by atoms with Gasteiger partial charge in [0.2, 0.25) is 11.8 Å². The van der Waals surface area contributed by atoms with Crippen LogP contribution in [0.4, 0.5) is 16.2 Å². The summed E-state index contributed by atoms with van der Waals surface area (Å²) in [4.78, 5) is 43.4. The van der Waals surface area contributed by atoms with Gasteiger partial charge in [-0.15, -0.1) is 0 Å². The monoisotopic (exact) mass is 436 g/mol. The lowest BCUT2D eigenvalue weighted by atomic mass is 10.1. The fourth-order valence-electron chi connectivity index (χ4n) is 4.18. The van der Waals surface area contributed by atoms with Crippen LogP contribution in [0.1, 0.15) is 13.3 Å². The smallest absolute Gasteiger partial charge is 0.321 e. The standard InChI is InChI=1S/C24H28N4O4/c1-2-32-21-11-7-6-10-20(21)28-17-18(16-22(28)29)23(30)26-12-14-27(15-13-26)24(31)25-19-8-4-3-5-9-19/h3-11,18H,2,12-17H2,1H3,(H,25,31)/t18-/m1/s1. The number of ether oxygens (including phenoxy) is 1. The predicted octanol–water partition coefficient (Wildman–Crippen LogP) is 2.81. The van der Waals surface area contributed by atoms with Gasteiger partial charge >= 0.3 is 6.03 Å². The van der Waals surface area contributed by atoms with Gasteiger partial charge in [0, 0.05) is 44.8 Å². The lowest BCUT2D eigenvalue weighted by Gasteiger charge is -2.35. The van der Waals surface area contributed by atoms with Crippen LogP contribution in [0.2, 0.25) is 0 Å². The van der Waals surface area contributed by atoms with Gasteiger partial charge in [-0.3, -0.25) is 9.59 Å². The minimum absolute atomic E-state index is 0.0298. The van der Waals surface area contributed by atoms with E-state index in [0.29, 0.717) is 50.8 Å². The van der Waals surface area contributed by atoms with Gasteiger partial charge in [-0.25, -0.2) is 4.79 Å². The number of carbonyl (C=O) groups is 3. The minimum Gasteiger partial charge on any atom is -0.492 e. The zero-order chi connectivity index (χ0) is 22.5. The van der Waals surface area contributed by atoms with Crippen LogP contribution in [0, 0.1) is 5.92 Å². The van der Waals surface area contributed by atoms with E-state index in [0.717, 1.165) is 5.69 Å². The number of nitrogens with one attached hydrogen (secondary N) is 1. The van der Waals surface area contributed by atoms with Crippen molar-refractivity contribution < 1.29 is 19.1 Å². The Morgan fingerprint density at radius 2 is 1.62 bits per heavy atom. The number of benzene rings is 2. The lowest BCUT2D eigenvalue weighted by molar-refractivity contribution is -0.137. The number of amides is 4. The van der Waals surface area contributed by atoms with E-state index in [-0.39, 0.29) is 30.2 Å². The number of para-hydroxylation sites is 3. The van der Waals surface area contributed by atoms with Gasteiger partial charge < -0.3 is 24.8 Å². The molecule has 32 heavy (non-hydrogen) atoms. The topological polar surface area (TPSA) is 82.2 Å². The zero-order valence-electron chi connectivity index (χ0n) is 18.2. The van der Waals surface area contributed by atoms with Crippen LogP contribution in [0.3, 0.4) is 0 Å². The summed E-state index contributed by atoms with van der Waals surface area (Å²) in [5.41, 5.74) is 1.45. The summed E-state index contributed by atoms with van der Waals surface area (Å²) in [7, 11) is 0. The van der Waals surface area contributed by atoms with Gasteiger partial charge in [-0.1, -0.05) is 30.3 Å². The second-order valence-corrected chi connectivity index (χ2v) is 7.91. The van der Waals surface area contributed by atoms with Crippen molar-refractivity contribution in [1.82, 2.24) is 9.80 Å². The Hall–Kier alpha value is -3.55. The molecule has 4 amide bonds. The van der Waals surface area contributed by atoms with Gasteiger partial charge in [-0.2, -0.15) is 0 Å². The van der Waals surface area contributed by atoms with E-state index in [1.807, 2.05) is 61.5 Å². The van der Waals surface area contributed by atoms with E-state index in [4.69, 9.17) is 4.74 Å². The summed E-state index contributed by atoms with van der Waals surface area (Å²) in [6, 6.07) is 16.5. The third-order valence-electron chi connectivity index (χ3n) is 5.83. The SMILES string of the molecule is CCOc1ccccc1N1C[C@H](C(=O)N2CCN(C(=O)Nc3ccccc3)CC2)CC1=O. The van der Waals surface area contributed by atoms with Gasteiger partial charge in [0.1, 0.15) is 5.75 Å². The Balaban J connectivity index is 1.33. The molecule has 8 heteroatoms. The molecule has 2 aliphatic heterocycles. The van der Waals surface area contributed by atoms with Gasteiger partial charge in [-0.05, 0) is 31.2 Å². The molecule has 2 fully saturated rings. The first-order valence-corrected chi connectivity index (χ1v) is 11.0. The predicted molar refractivity (Wildman–Crippen MR) is 122 cm³/mol. The van der Waals surface area contributed by atoms with Crippen molar-refractivity contribution in [3.8, 4) is 5.75 Å². The molecule has 2 aliphatic rings. The molecule has 2 aromatic rings. The highest BCUT2D eigenvalue weighted by atomic mass is 16.5. The number of nitrogens with zero attached hydrogens (tertiary/aromatic N) is 3. The third-order valence-corrected chi connectivity index (χ3v) is 5.83. The fraction of sp³-hybridized carbons (Fsp3) is 0.375. The number of hydrogen-bond donors (Lipinski definition) is 1. The minimum atomic E-state index is -0.387. The molecule has 0 unspecified atom stereocenters. The van der Waals surface area contributed by atoms with Crippen LogP contribution >= 0.6 is 0 Å². The molecule has 4 rings (SSSR count). The van der Waals surface area contributed by atoms with Crippen LogP contribution in [0.25, 0.3) is 0 Å². The molecular weight excluding hydrogens is 408 g/mol. The molecule has 8 nitrogen and oxygen atoms in total. The Morgan fingerprint density at radius 1 is 0.969 bits per heavy atom. The number of hydrogen-bond acceptors (Lipinski definition) is 4. The molecule has 168 valence electrons. The van der Waals surface area contributed by atoms with Crippen molar-refractivity contribution in [1.29, 1.82) is 0 Å². The van der Waals surface area contributed by atoms with Gasteiger partial charge in [0.05, 0.1) is 18.2 Å². The molecule has 0 aliphatic carbocycles. The second-order valence-electron chi connectivity index (χ2n) is 7.91. The lowest BCUT2D eigenvalue weighted by Crippen LogP contribution is -2.53. The molecule has 0 saturated carbocycles. The Morgan fingerprint density at radius 3 is 2.34 bits per heavy atom. The number of urea groups is 1. The molecule has 0 aromatic heterocycles. The van der Waals surface area contributed by atoms with Crippen molar-refractivity contribution in [2.24, 2.45) is 5.92 Å². The summed E-state index contributed by atoms with van der Waals surface area (Å²) in [5.74, 6) is 0.158. The van der Waals surface area contributed by atoms with Gasteiger partial charge in [0.25, 0.3) is 0 Å². The highest BCUT2D eigenvalue weighted by Crippen LogP contribution is 2.33. The number of anilines is 2. The Labute approximate surface area is 187 Å². The van der Waals surface area contributed by atoms with Crippen LogP contribution in [0.15, 0.2) is 54.6 Å². The van der Waals surface area contributed by atoms with Crippen molar-refractivity contribution in [3.05, 3.63) is 54.6 Å². The molecule has 0 spiro atoms. The molecule has 0 radical (unpaired) electrons. The van der Waals surface area contributed by atoms with E-state index >= 15 is 0 Å². The fourth-order valence-corrected chi connectivity index (χ4v) is 4.18.